The monoisotopic (exact) mass is 412 g/mol. The van der Waals surface area contributed by atoms with E-state index < -0.39 is 5.91 Å². The molecule has 1 amide bonds. The van der Waals surface area contributed by atoms with E-state index in [1.165, 1.54) is 12.4 Å². The Labute approximate surface area is 178 Å². The van der Waals surface area contributed by atoms with Gasteiger partial charge in [-0.1, -0.05) is 48.5 Å². The second-order valence-corrected chi connectivity index (χ2v) is 6.93. The van der Waals surface area contributed by atoms with Gasteiger partial charge in [-0.2, -0.15) is 5.10 Å². The van der Waals surface area contributed by atoms with Crippen molar-refractivity contribution in [3.63, 3.8) is 0 Å². The van der Waals surface area contributed by atoms with Crippen molar-refractivity contribution in [1.82, 2.24) is 15.4 Å². The predicted octanol–water partition coefficient (Wildman–Crippen LogP) is 3.57. The summed E-state index contributed by atoms with van der Waals surface area (Å²) in [6, 6.07) is 18.7. The molecule has 0 aliphatic heterocycles. The zero-order chi connectivity index (χ0) is 21.8. The van der Waals surface area contributed by atoms with Crippen molar-refractivity contribution < 1.29 is 15.0 Å². The number of nitrogens with one attached hydrogen (secondary N) is 1. The van der Waals surface area contributed by atoms with Gasteiger partial charge in [0.05, 0.1) is 35.3 Å². The van der Waals surface area contributed by atoms with Crippen molar-refractivity contribution in [2.75, 3.05) is 0 Å². The Morgan fingerprint density at radius 1 is 1.13 bits per heavy atom. The van der Waals surface area contributed by atoms with E-state index in [9.17, 15) is 15.0 Å². The van der Waals surface area contributed by atoms with Gasteiger partial charge in [0.15, 0.2) is 0 Å². The fraction of sp³-hybridized carbons (Fsp3) is 0.0833. The van der Waals surface area contributed by atoms with Gasteiger partial charge in [0, 0.05) is 28.3 Å². The molecule has 0 fully saturated rings. The molecule has 0 aliphatic rings. The summed E-state index contributed by atoms with van der Waals surface area (Å²) >= 11 is 0. The lowest BCUT2D eigenvalue weighted by Gasteiger charge is -2.09. The average molecular weight is 412 g/mol. The number of aromatic hydroxyl groups is 1. The van der Waals surface area contributed by atoms with Gasteiger partial charge >= 0.3 is 0 Å². The van der Waals surface area contributed by atoms with Crippen LogP contribution in [0.5, 0.6) is 5.75 Å². The van der Waals surface area contributed by atoms with Gasteiger partial charge in [-0.3, -0.25) is 9.78 Å². The molecular formula is C24H20N4O3. The molecule has 154 valence electrons. The first kappa shape index (κ1) is 20.2. The highest BCUT2D eigenvalue weighted by Crippen LogP contribution is 2.25. The third-order valence-electron chi connectivity index (χ3n) is 4.92. The minimum atomic E-state index is -0.414. The number of rotatable bonds is 5. The lowest BCUT2D eigenvalue weighted by atomic mass is 10.0. The molecule has 7 nitrogen and oxygen atoms in total. The van der Waals surface area contributed by atoms with Crippen molar-refractivity contribution in [3.8, 4) is 17.0 Å². The SMILES string of the molecule is Cc1ncc(CO)c(/C=N/NC(=O)c2cc(-c3ccccc3)nc3ccccc23)c1O. The van der Waals surface area contributed by atoms with Gasteiger partial charge < -0.3 is 10.2 Å². The van der Waals surface area contributed by atoms with E-state index >= 15 is 0 Å². The highest BCUT2D eigenvalue weighted by molar-refractivity contribution is 6.07. The van der Waals surface area contributed by atoms with Crippen LogP contribution in [-0.2, 0) is 6.61 Å². The molecule has 3 N–H and O–H groups in total. The highest BCUT2D eigenvalue weighted by Gasteiger charge is 2.14. The molecule has 0 atom stereocenters. The lowest BCUT2D eigenvalue weighted by Crippen LogP contribution is -2.18. The van der Waals surface area contributed by atoms with Gasteiger partial charge in [0.2, 0.25) is 0 Å². The third kappa shape index (κ3) is 4.12. The van der Waals surface area contributed by atoms with Crippen LogP contribution >= 0.6 is 0 Å². The van der Waals surface area contributed by atoms with Crippen molar-refractivity contribution >= 4 is 23.0 Å². The first-order chi connectivity index (χ1) is 15.1. The number of pyridine rings is 2. The van der Waals surface area contributed by atoms with Crippen LogP contribution in [0, 0.1) is 6.92 Å². The quantitative estimate of drug-likeness (QED) is 0.343. The Morgan fingerprint density at radius 2 is 1.87 bits per heavy atom. The molecule has 0 radical (unpaired) electrons. The summed E-state index contributed by atoms with van der Waals surface area (Å²) in [4.78, 5) is 21.6. The minimum absolute atomic E-state index is 0.0923. The van der Waals surface area contributed by atoms with Gasteiger partial charge in [-0.05, 0) is 19.1 Å². The first-order valence-corrected chi connectivity index (χ1v) is 9.65. The van der Waals surface area contributed by atoms with Gasteiger partial charge in [0.1, 0.15) is 5.75 Å². The van der Waals surface area contributed by atoms with Crippen molar-refractivity contribution in [2.24, 2.45) is 5.10 Å². The maximum atomic E-state index is 13.0. The van der Waals surface area contributed by atoms with Crippen LogP contribution in [0.2, 0.25) is 0 Å². The number of para-hydroxylation sites is 1. The Morgan fingerprint density at radius 3 is 2.65 bits per heavy atom. The highest BCUT2D eigenvalue weighted by atomic mass is 16.3. The molecular weight excluding hydrogens is 392 g/mol. The van der Waals surface area contributed by atoms with E-state index in [1.54, 1.807) is 13.0 Å². The lowest BCUT2D eigenvalue weighted by molar-refractivity contribution is 0.0956. The summed E-state index contributed by atoms with van der Waals surface area (Å²) in [6.45, 7) is 1.33. The number of aryl methyl sites for hydroxylation is 1. The predicted molar refractivity (Wildman–Crippen MR) is 119 cm³/mol. The second kappa shape index (κ2) is 8.73. The van der Waals surface area contributed by atoms with Crippen LogP contribution in [0.3, 0.4) is 0 Å². The normalized spacial score (nSPS) is 11.2. The molecule has 2 aromatic heterocycles. The molecule has 0 saturated heterocycles. The summed E-state index contributed by atoms with van der Waals surface area (Å²) in [5, 5.41) is 24.4. The standard InChI is InChI=1S/C24H20N4O3/c1-15-23(30)20(17(14-29)12-25-15)13-26-28-24(31)19-11-22(16-7-3-2-4-8-16)27-21-10-6-5-9-18(19)21/h2-13,29-30H,14H2,1H3,(H,28,31)/b26-13+. The molecule has 7 heteroatoms. The van der Waals surface area contributed by atoms with E-state index in [1.807, 2.05) is 54.6 Å². The van der Waals surface area contributed by atoms with E-state index in [-0.39, 0.29) is 12.4 Å². The van der Waals surface area contributed by atoms with Crippen LogP contribution in [0.15, 0.2) is 72.0 Å². The van der Waals surface area contributed by atoms with Crippen LogP contribution < -0.4 is 5.43 Å². The van der Waals surface area contributed by atoms with Gasteiger partial charge in [-0.25, -0.2) is 10.4 Å². The number of hydrazone groups is 1. The van der Waals surface area contributed by atoms with Crippen LogP contribution in [0.1, 0.15) is 27.2 Å². The number of benzene rings is 2. The van der Waals surface area contributed by atoms with Crippen LogP contribution in [0.25, 0.3) is 22.2 Å². The average Bonchev–Trinajstić information content (AvgIpc) is 2.81. The Kier molecular flexibility index (Phi) is 5.68. The Bertz CT molecular complexity index is 1290. The van der Waals surface area contributed by atoms with E-state index in [4.69, 9.17) is 0 Å². The molecule has 2 aromatic carbocycles. The van der Waals surface area contributed by atoms with Gasteiger partial charge in [0.25, 0.3) is 5.91 Å². The molecule has 2 heterocycles. The second-order valence-electron chi connectivity index (χ2n) is 6.93. The molecule has 0 saturated carbocycles. The third-order valence-corrected chi connectivity index (χ3v) is 4.92. The molecule has 31 heavy (non-hydrogen) atoms. The molecule has 4 aromatic rings. The first-order valence-electron chi connectivity index (χ1n) is 9.65. The number of nitrogens with zero attached hydrogens (tertiary/aromatic N) is 3. The molecule has 4 rings (SSSR count). The Hall–Kier alpha value is -4.10. The van der Waals surface area contributed by atoms with Crippen LogP contribution in [0.4, 0.5) is 0 Å². The number of carbonyl (C=O) groups is 1. The number of hydrogen-bond donors (Lipinski definition) is 3. The smallest absolute Gasteiger partial charge is 0.272 e. The molecule has 0 aliphatic carbocycles. The maximum Gasteiger partial charge on any atom is 0.272 e. The summed E-state index contributed by atoms with van der Waals surface area (Å²) in [5.41, 5.74) is 6.32. The van der Waals surface area contributed by atoms with Crippen molar-refractivity contribution in [3.05, 3.63) is 89.2 Å². The summed E-state index contributed by atoms with van der Waals surface area (Å²) < 4.78 is 0. The number of aromatic nitrogens is 2. The largest absolute Gasteiger partial charge is 0.505 e. The summed E-state index contributed by atoms with van der Waals surface area (Å²) in [7, 11) is 0. The minimum Gasteiger partial charge on any atom is -0.505 e. The maximum absolute atomic E-state index is 13.0. The molecule has 0 bridgehead atoms. The zero-order valence-electron chi connectivity index (χ0n) is 16.8. The molecule has 0 spiro atoms. The summed E-state index contributed by atoms with van der Waals surface area (Å²) in [5.74, 6) is -0.506. The van der Waals surface area contributed by atoms with Crippen LogP contribution in [-0.4, -0.2) is 32.3 Å². The Balaban J connectivity index is 1.69. The number of hydrogen-bond acceptors (Lipinski definition) is 6. The van der Waals surface area contributed by atoms with Gasteiger partial charge in [-0.15, -0.1) is 0 Å². The number of aliphatic hydroxyl groups is 1. The van der Waals surface area contributed by atoms with Crippen molar-refractivity contribution in [2.45, 2.75) is 13.5 Å². The van der Waals surface area contributed by atoms with E-state index in [0.717, 1.165) is 5.56 Å². The fourth-order valence-electron chi connectivity index (χ4n) is 3.26. The van der Waals surface area contributed by atoms with E-state index in [0.29, 0.717) is 39.0 Å². The van der Waals surface area contributed by atoms with Crippen molar-refractivity contribution in [1.29, 1.82) is 0 Å². The molecule has 0 unspecified atom stereocenters. The van der Waals surface area contributed by atoms with E-state index in [2.05, 4.69) is 20.5 Å². The topological polar surface area (TPSA) is 108 Å². The summed E-state index contributed by atoms with van der Waals surface area (Å²) in [6.07, 6.45) is 2.76. The number of fused-ring (bicyclic) bond motifs is 1. The fourth-order valence-corrected chi connectivity index (χ4v) is 3.26. The number of amides is 1. The number of aliphatic hydroxyl groups excluding tert-OH is 1. The zero-order valence-corrected chi connectivity index (χ0v) is 16.8. The number of carbonyl (C=O) groups excluding carboxylic acids is 1.